The van der Waals surface area contributed by atoms with Crippen molar-refractivity contribution in [1.29, 1.82) is 0 Å². The van der Waals surface area contributed by atoms with Crippen LogP contribution < -0.4 is 0 Å². The number of hydrogen-bond donors (Lipinski definition) is 1. The Hall–Kier alpha value is -2.11. The molecule has 0 bridgehead atoms. The lowest BCUT2D eigenvalue weighted by Gasteiger charge is -2.22. The lowest BCUT2D eigenvalue weighted by molar-refractivity contribution is 0.140. The summed E-state index contributed by atoms with van der Waals surface area (Å²) in [5, 5.41) is 11.0. The second-order valence-corrected chi connectivity index (χ2v) is 4.70. The zero-order valence-electron chi connectivity index (χ0n) is 11.7. The standard InChI is InChI=1S/C18H19NO/c1-2-3-4-9-14-18(20,16-11-6-5-7-12-16)17-13-8-10-15-19-17/h5-8,10-13,15,20H,2-4H2,1H3. The van der Waals surface area contributed by atoms with E-state index in [1.54, 1.807) is 6.20 Å². The Bertz CT molecular complexity index is 542. The fourth-order valence-corrected chi connectivity index (χ4v) is 2.00. The highest BCUT2D eigenvalue weighted by molar-refractivity contribution is 5.41. The summed E-state index contributed by atoms with van der Waals surface area (Å²) in [5.74, 6) is 6.09. The highest BCUT2D eigenvalue weighted by Crippen LogP contribution is 2.27. The topological polar surface area (TPSA) is 33.1 Å². The van der Waals surface area contributed by atoms with Crippen molar-refractivity contribution in [3.05, 3.63) is 66.0 Å². The van der Waals surface area contributed by atoms with Crippen molar-refractivity contribution in [2.45, 2.75) is 31.8 Å². The molecular formula is C18H19NO. The van der Waals surface area contributed by atoms with E-state index in [0.717, 1.165) is 24.8 Å². The lowest BCUT2D eigenvalue weighted by Crippen LogP contribution is -2.26. The predicted molar refractivity (Wildman–Crippen MR) is 81.0 cm³/mol. The largest absolute Gasteiger partial charge is 0.368 e. The van der Waals surface area contributed by atoms with Crippen LogP contribution in [-0.4, -0.2) is 10.1 Å². The Balaban J connectivity index is 2.40. The van der Waals surface area contributed by atoms with Crippen LogP contribution in [0.3, 0.4) is 0 Å². The predicted octanol–water partition coefficient (Wildman–Crippen LogP) is 3.51. The average Bonchev–Trinajstić information content (AvgIpc) is 2.53. The molecule has 0 spiro atoms. The molecule has 0 saturated heterocycles. The number of nitrogens with zero attached hydrogens (tertiary/aromatic N) is 1. The van der Waals surface area contributed by atoms with Gasteiger partial charge in [-0.1, -0.05) is 61.6 Å². The van der Waals surface area contributed by atoms with E-state index in [9.17, 15) is 5.11 Å². The molecule has 1 N–H and O–H groups in total. The lowest BCUT2D eigenvalue weighted by atomic mass is 9.90. The van der Waals surface area contributed by atoms with E-state index in [4.69, 9.17) is 0 Å². The van der Waals surface area contributed by atoms with Gasteiger partial charge in [-0.05, 0) is 18.6 Å². The van der Waals surface area contributed by atoms with Gasteiger partial charge in [0, 0.05) is 18.2 Å². The molecule has 0 aliphatic carbocycles. The molecule has 0 aliphatic rings. The van der Waals surface area contributed by atoms with Crippen LogP contribution in [-0.2, 0) is 5.60 Å². The van der Waals surface area contributed by atoms with Crippen molar-refractivity contribution >= 4 is 0 Å². The fourth-order valence-electron chi connectivity index (χ4n) is 2.00. The minimum absolute atomic E-state index is 0.565. The average molecular weight is 265 g/mol. The number of unbranched alkanes of at least 4 members (excludes halogenated alkanes) is 2. The molecule has 0 aliphatic heterocycles. The molecular weight excluding hydrogens is 246 g/mol. The van der Waals surface area contributed by atoms with E-state index in [0.29, 0.717) is 5.69 Å². The Morgan fingerprint density at radius 3 is 2.50 bits per heavy atom. The molecule has 1 heterocycles. The van der Waals surface area contributed by atoms with Crippen LogP contribution in [0.25, 0.3) is 0 Å². The molecule has 0 radical (unpaired) electrons. The van der Waals surface area contributed by atoms with Crippen LogP contribution >= 0.6 is 0 Å². The van der Waals surface area contributed by atoms with E-state index in [-0.39, 0.29) is 0 Å². The molecule has 0 fully saturated rings. The molecule has 2 heteroatoms. The summed E-state index contributed by atoms with van der Waals surface area (Å²) in [5.41, 5.74) is -0.0195. The monoisotopic (exact) mass is 265 g/mol. The number of rotatable bonds is 4. The van der Waals surface area contributed by atoms with Gasteiger partial charge >= 0.3 is 0 Å². The van der Waals surface area contributed by atoms with Crippen LogP contribution in [0.5, 0.6) is 0 Å². The number of hydrogen-bond acceptors (Lipinski definition) is 2. The maximum Gasteiger partial charge on any atom is 0.194 e. The van der Waals surface area contributed by atoms with Gasteiger partial charge in [-0.2, -0.15) is 0 Å². The van der Waals surface area contributed by atoms with Crippen LogP contribution in [0.1, 0.15) is 37.4 Å². The number of aromatic nitrogens is 1. The van der Waals surface area contributed by atoms with E-state index < -0.39 is 5.60 Å². The van der Waals surface area contributed by atoms with E-state index in [2.05, 4.69) is 23.7 Å². The van der Waals surface area contributed by atoms with Crippen molar-refractivity contribution in [2.24, 2.45) is 0 Å². The van der Waals surface area contributed by atoms with Crippen LogP contribution in [0, 0.1) is 11.8 Å². The molecule has 0 amide bonds. The van der Waals surface area contributed by atoms with Crippen molar-refractivity contribution in [3.8, 4) is 11.8 Å². The third kappa shape index (κ3) is 3.26. The number of pyridine rings is 1. The second kappa shape index (κ2) is 6.88. The van der Waals surface area contributed by atoms with E-state index >= 15 is 0 Å². The number of aliphatic hydroxyl groups is 1. The summed E-state index contributed by atoms with van der Waals surface area (Å²) in [6.45, 7) is 2.13. The summed E-state index contributed by atoms with van der Waals surface area (Å²) in [6, 6.07) is 15.0. The fraction of sp³-hybridized carbons (Fsp3) is 0.278. The summed E-state index contributed by atoms with van der Waals surface area (Å²) in [6.07, 6.45) is 4.61. The van der Waals surface area contributed by atoms with Crippen molar-refractivity contribution < 1.29 is 5.11 Å². The Labute approximate surface area is 120 Å². The quantitative estimate of drug-likeness (QED) is 0.678. The van der Waals surface area contributed by atoms with E-state index in [1.165, 1.54) is 0 Å². The molecule has 2 rings (SSSR count). The van der Waals surface area contributed by atoms with E-state index in [1.807, 2.05) is 48.5 Å². The minimum atomic E-state index is -1.34. The molecule has 1 aromatic carbocycles. The second-order valence-electron chi connectivity index (χ2n) is 4.70. The smallest absolute Gasteiger partial charge is 0.194 e. The van der Waals surface area contributed by atoms with Gasteiger partial charge in [0.15, 0.2) is 5.60 Å². The molecule has 1 unspecified atom stereocenters. The van der Waals surface area contributed by atoms with Gasteiger partial charge in [0.05, 0.1) is 5.69 Å². The van der Waals surface area contributed by atoms with Gasteiger partial charge in [0.2, 0.25) is 0 Å². The third-order valence-corrected chi connectivity index (χ3v) is 3.15. The van der Waals surface area contributed by atoms with Gasteiger partial charge in [0.25, 0.3) is 0 Å². The van der Waals surface area contributed by atoms with Crippen LogP contribution in [0.4, 0.5) is 0 Å². The molecule has 20 heavy (non-hydrogen) atoms. The first-order chi connectivity index (χ1) is 9.77. The first-order valence-electron chi connectivity index (χ1n) is 6.97. The Morgan fingerprint density at radius 2 is 1.85 bits per heavy atom. The maximum atomic E-state index is 11.0. The van der Waals surface area contributed by atoms with Gasteiger partial charge < -0.3 is 5.11 Å². The van der Waals surface area contributed by atoms with Crippen LogP contribution in [0.15, 0.2) is 54.7 Å². The van der Waals surface area contributed by atoms with Crippen molar-refractivity contribution in [2.75, 3.05) is 0 Å². The summed E-state index contributed by atoms with van der Waals surface area (Å²) in [7, 11) is 0. The molecule has 102 valence electrons. The number of benzene rings is 1. The van der Waals surface area contributed by atoms with Crippen LogP contribution in [0.2, 0.25) is 0 Å². The molecule has 0 saturated carbocycles. The third-order valence-electron chi connectivity index (χ3n) is 3.15. The van der Waals surface area contributed by atoms with Crippen molar-refractivity contribution in [1.82, 2.24) is 4.98 Å². The first-order valence-corrected chi connectivity index (χ1v) is 6.97. The van der Waals surface area contributed by atoms with Crippen molar-refractivity contribution in [3.63, 3.8) is 0 Å². The summed E-state index contributed by atoms with van der Waals surface area (Å²) >= 11 is 0. The molecule has 1 atom stereocenters. The summed E-state index contributed by atoms with van der Waals surface area (Å²) < 4.78 is 0. The zero-order chi connectivity index (χ0) is 14.3. The first kappa shape index (κ1) is 14.3. The minimum Gasteiger partial charge on any atom is -0.368 e. The highest BCUT2D eigenvalue weighted by atomic mass is 16.3. The highest BCUT2D eigenvalue weighted by Gasteiger charge is 2.30. The molecule has 2 nitrogen and oxygen atoms in total. The maximum absolute atomic E-state index is 11.0. The molecule has 1 aromatic heterocycles. The summed E-state index contributed by atoms with van der Waals surface area (Å²) in [4.78, 5) is 4.27. The van der Waals surface area contributed by atoms with Gasteiger partial charge in [-0.15, -0.1) is 0 Å². The van der Waals surface area contributed by atoms with Gasteiger partial charge in [-0.25, -0.2) is 0 Å². The molecule has 2 aromatic rings. The Morgan fingerprint density at radius 1 is 1.10 bits per heavy atom. The SMILES string of the molecule is CCCCC#CC(O)(c1ccccc1)c1ccccn1. The Kier molecular flexibility index (Phi) is 4.92. The zero-order valence-corrected chi connectivity index (χ0v) is 11.7. The normalized spacial score (nSPS) is 13.1. The van der Waals surface area contributed by atoms with Gasteiger partial charge in [0.1, 0.15) is 0 Å². The van der Waals surface area contributed by atoms with Gasteiger partial charge in [-0.3, -0.25) is 4.98 Å².